The third-order valence-electron chi connectivity index (χ3n) is 7.52. The molecule has 0 saturated carbocycles. The minimum Gasteiger partial charge on any atom is -0.453 e. The average molecular weight is 551 g/mol. The zero-order chi connectivity index (χ0) is 27.9. The van der Waals surface area contributed by atoms with Gasteiger partial charge in [-0.1, -0.05) is 36.4 Å². The van der Waals surface area contributed by atoms with Gasteiger partial charge in [0, 0.05) is 24.3 Å². The van der Waals surface area contributed by atoms with E-state index in [-0.39, 0.29) is 11.4 Å². The van der Waals surface area contributed by atoms with Crippen LogP contribution in [0.1, 0.15) is 0 Å². The molecular formula is C32H18N6O4. The molecule has 5 aromatic carbocycles. The van der Waals surface area contributed by atoms with Crippen LogP contribution in [-0.2, 0) is 0 Å². The maximum atomic E-state index is 12.8. The Kier molecular flexibility index (Phi) is 4.41. The first kappa shape index (κ1) is 22.6. The van der Waals surface area contributed by atoms with Gasteiger partial charge in [0.1, 0.15) is 22.1 Å². The van der Waals surface area contributed by atoms with Crippen molar-refractivity contribution in [1.29, 1.82) is 0 Å². The van der Waals surface area contributed by atoms with Crippen LogP contribution in [0.25, 0.3) is 33.4 Å². The Morgan fingerprint density at radius 2 is 0.952 bits per heavy atom. The Labute approximate surface area is 235 Å². The van der Waals surface area contributed by atoms with Crippen molar-refractivity contribution in [2.24, 2.45) is 9.98 Å². The number of ether oxygens (including phenoxy) is 2. The fourth-order valence-corrected chi connectivity index (χ4v) is 5.62. The van der Waals surface area contributed by atoms with Crippen LogP contribution < -0.4 is 31.6 Å². The summed E-state index contributed by atoms with van der Waals surface area (Å²) in [5.74, 6) is 2.08. The summed E-state index contributed by atoms with van der Waals surface area (Å²) in [6.07, 6.45) is 0. The van der Waals surface area contributed by atoms with E-state index < -0.39 is 0 Å². The van der Waals surface area contributed by atoms with Gasteiger partial charge < -0.3 is 19.4 Å². The predicted molar refractivity (Wildman–Crippen MR) is 156 cm³/mol. The second-order valence-electron chi connectivity index (χ2n) is 10.1. The summed E-state index contributed by atoms with van der Waals surface area (Å²) in [6, 6.07) is 29.7. The summed E-state index contributed by atoms with van der Waals surface area (Å²) >= 11 is 0. The Hall–Kier alpha value is -6.16. The summed E-state index contributed by atoms with van der Waals surface area (Å²) in [5, 5.41) is 1.15. The monoisotopic (exact) mass is 550 g/mol. The summed E-state index contributed by atoms with van der Waals surface area (Å²) in [6.45, 7) is 0. The number of aromatic amines is 2. The summed E-state index contributed by atoms with van der Waals surface area (Å²) in [4.78, 5) is 41.2. The Morgan fingerprint density at radius 3 is 1.38 bits per heavy atom. The molecule has 2 aliphatic heterocycles. The zero-order valence-electron chi connectivity index (χ0n) is 21.7. The largest absolute Gasteiger partial charge is 0.453 e. The van der Waals surface area contributed by atoms with Gasteiger partial charge in [-0.05, 0) is 36.4 Å². The van der Waals surface area contributed by atoms with Crippen LogP contribution in [0.2, 0.25) is 0 Å². The number of hydrogen-bond acceptors (Lipinski definition) is 6. The van der Waals surface area contributed by atoms with E-state index in [0.717, 1.165) is 11.4 Å². The summed E-state index contributed by atoms with van der Waals surface area (Å²) < 4.78 is 15.7. The number of nitrogens with one attached hydrogen (secondary N) is 2. The Morgan fingerprint density at radius 1 is 0.524 bits per heavy atom. The number of imidazole rings is 2. The predicted octanol–water partition coefficient (Wildman–Crippen LogP) is 5.07. The van der Waals surface area contributed by atoms with E-state index in [1.54, 1.807) is 33.4 Å². The van der Waals surface area contributed by atoms with Gasteiger partial charge in [0.2, 0.25) is 0 Å². The number of aromatic nitrogens is 4. The normalized spacial score (nSPS) is 12.8. The second-order valence-corrected chi connectivity index (χ2v) is 10.1. The molecule has 7 aromatic rings. The first-order chi connectivity index (χ1) is 20.6. The molecule has 10 heteroatoms. The third kappa shape index (κ3) is 3.26. The minimum absolute atomic E-state index is 0.245. The minimum atomic E-state index is -0.245. The Balaban J connectivity index is 1.18. The van der Waals surface area contributed by atoms with Gasteiger partial charge in [-0.15, -0.1) is 0 Å². The number of nitrogens with zero attached hydrogens (tertiary/aromatic N) is 4. The lowest BCUT2D eigenvalue weighted by Crippen LogP contribution is -2.18. The molecule has 0 unspecified atom stereocenters. The van der Waals surface area contributed by atoms with Crippen molar-refractivity contribution in [2.45, 2.75) is 0 Å². The topological polar surface area (TPSA) is 119 Å². The molecule has 0 fully saturated rings. The van der Waals surface area contributed by atoms with E-state index in [1.807, 2.05) is 72.8 Å². The molecule has 2 N–H and O–H groups in total. The molecule has 4 heterocycles. The van der Waals surface area contributed by atoms with Crippen LogP contribution in [0.3, 0.4) is 0 Å². The second kappa shape index (κ2) is 8.18. The highest BCUT2D eigenvalue weighted by atomic mass is 16.5. The number of para-hydroxylation sites is 2. The smallest absolute Gasteiger partial charge is 0.331 e. The molecule has 0 saturated heterocycles. The standard InChI is InChI=1S/C32H18N6O4/c39-31-35-19-13-27-21(11-25(19)37(31)17-7-3-1-4-8-17)33-23-15-30-24(16-29(23)41-27)34-22-12-26-20(14-28(22)42-30)36-32(40)38(26)18-9-5-2-6-10-18/h1-16H,(H,35,39)(H,36,40). The van der Waals surface area contributed by atoms with E-state index in [0.29, 0.717) is 67.2 Å². The van der Waals surface area contributed by atoms with Crippen molar-refractivity contribution in [1.82, 2.24) is 19.1 Å². The van der Waals surface area contributed by atoms with Crippen molar-refractivity contribution >= 4 is 33.4 Å². The Bertz CT molecular complexity index is 2330. The lowest BCUT2D eigenvalue weighted by Gasteiger charge is -2.18. The van der Waals surface area contributed by atoms with Gasteiger partial charge in [0.25, 0.3) is 0 Å². The molecule has 2 aliphatic rings. The highest BCUT2D eigenvalue weighted by molar-refractivity contribution is 5.85. The molecule has 42 heavy (non-hydrogen) atoms. The molecule has 0 atom stereocenters. The van der Waals surface area contributed by atoms with E-state index in [9.17, 15) is 9.59 Å². The molecule has 0 radical (unpaired) electrons. The van der Waals surface area contributed by atoms with E-state index >= 15 is 0 Å². The fraction of sp³-hybridized carbons (Fsp3) is 0. The quantitative estimate of drug-likeness (QED) is 0.313. The highest BCUT2D eigenvalue weighted by Gasteiger charge is 2.22. The lowest BCUT2D eigenvalue weighted by molar-refractivity contribution is 0.451. The molecule has 0 amide bonds. The molecule has 200 valence electrons. The molecule has 0 spiro atoms. The van der Waals surface area contributed by atoms with Crippen LogP contribution in [0, 0.1) is 0 Å². The van der Waals surface area contributed by atoms with Gasteiger partial charge >= 0.3 is 11.4 Å². The number of H-pyrrole nitrogens is 2. The number of benzene rings is 5. The SMILES string of the molecule is O=c1[nH]c2cc3c(cc2n1-c1ccccc1)N=c1cc2c(cc1O3)=Nc1cc3c(cc1O2)[nH]c(=O)n3-c1ccccc1. The number of fused-ring (bicyclic) bond motifs is 6. The number of hydrogen-bond donors (Lipinski definition) is 2. The molecule has 10 nitrogen and oxygen atoms in total. The highest BCUT2D eigenvalue weighted by Crippen LogP contribution is 2.40. The van der Waals surface area contributed by atoms with Crippen molar-refractivity contribution < 1.29 is 9.47 Å². The van der Waals surface area contributed by atoms with Gasteiger partial charge in [-0.3, -0.25) is 9.13 Å². The van der Waals surface area contributed by atoms with Gasteiger partial charge in [0.05, 0.1) is 33.4 Å². The molecular weight excluding hydrogens is 532 g/mol. The van der Waals surface area contributed by atoms with Crippen LogP contribution in [0.4, 0.5) is 11.4 Å². The van der Waals surface area contributed by atoms with Gasteiger partial charge in [-0.2, -0.15) is 0 Å². The van der Waals surface area contributed by atoms with Crippen LogP contribution in [0.15, 0.2) is 117 Å². The van der Waals surface area contributed by atoms with Crippen LogP contribution >= 0.6 is 0 Å². The summed E-state index contributed by atoms with van der Waals surface area (Å²) in [5.41, 5.74) is 4.87. The first-order valence-electron chi connectivity index (χ1n) is 13.2. The fourth-order valence-electron chi connectivity index (χ4n) is 5.62. The molecule has 9 rings (SSSR count). The van der Waals surface area contributed by atoms with Crippen molar-refractivity contribution in [2.75, 3.05) is 0 Å². The molecule has 0 aliphatic carbocycles. The summed E-state index contributed by atoms with van der Waals surface area (Å²) in [7, 11) is 0. The van der Waals surface area contributed by atoms with E-state index in [4.69, 9.17) is 19.5 Å². The third-order valence-corrected chi connectivity index (χ3v) is 7.52. The van der Waals surface area contributed by atoms with Gasteiger partial charge in [0.15, 0.2) is 23.0 Å². The van der Waals surface area contributed by atoms with Crippen molar-refractivity contribution in [3.8, 4) is 34.4 Å². The van der Waals surface area contributed by atoms with Crippen LogP contribution in [0.5, 0.6) is 23.0 Å². The van der Waals surface area contributed by atoms with E-state index in [2.05, 4.69) is 9.97 Å². The van der Waals surface area contributed by atoms with E-state index in [1.165, 1.54) is 0 Å². The van der Waals surface area contributed by atoms with Crippen molar-refractivity contribution in [3.63, 3.8) is 0 Å². The van der Waals surface area contributed by atoms with Crippen molar-refractivity contribution in [3.05, 3.63) is 129 Å². The average Bonchev–Trinajstić information content (AvgIpc) is 3.50. The maximum Gasteiger partial charge on any atom is 0.331 e. The zero-order valence-corrected chi connectivity index (χ0v) is 21.7. The van der Waals surface area contributed by atoms with Gasteiger partial charge in [-0.25, -0.2) is 19.6 Å². The lowest BCUT2D eigenvalue weighted by atomic mass is 10.2. The first-order valence-corrected chi connectivity index (χ1v) is 13.2. The molecule has 0 bridgehead atoms. The number of rotatable bonds is 2. The maximum absolute atomic E-state index is 12.8. The van der Waals surface area contributed by atoms with Crippen LogP contribution in [-0.4, -0.2) is 19.1 Å². The molecule has 2 aromatic heterocycles.